The molecular formula is C14H21NO4. The molecule has 0 atom stereocenters. The summed E-state index contributed by atoms with van der Waals surface area (Å²) in [6.07, 6.45) is 1.65. The van der Waals surface area contributed by atoms with Gasteiger partial charge in [0, 0.05) is 12.1 Å². The van der Waals surface area contributed by atoms with Crippen LogP contribution in [0.4, 0.5) is 0 Å². The number of furan rings is 1. The number of esters is 1. The Labute approximate surface area is 113 Å². The van der Waals surface area contributed by atoms with Gasteiger partial charge in [0.05, 0.1) is 19.8 Å². The molecule has 2 rings (SSSR count). The Morgan fingerprint density at radius 2 is 2.26 bits per heavy atom. The van der Waals surface area contributed by atoms with E-state index in [1.807, 2.05) is 20.0 Å². The predicted molar refractivity (Wildman–Crippen MR) is 69.8 cm³/mol. The van der Waals surface area contributed by atoms with Crippen molar-refractivity contribution in [3.63, 3.8) is 0 Å². The smallest absolute Gasteiger partial charge is 0.374 e. The number of hydrogen-bond acceptors (Lipinski definition) is 5. The van der Waals surface area contributed by atoms with Crippen molar-refractivity contribution in [1.29, 1.82) is 0 Å². The molecule has 0 bridgehead atoms. The van der Waals surface area contributed by atoms with Crippen molar-refractivity contribution in [1.82, 2.24) is 4.90 Å². The van der Waals surface area contributed by atoms with E-state index in [-0.39, 0.29) is 11.9 Å². The minimum absolute atomic E-state index is 0.116. The van der Waals surface area contributed by atoms with E-state index in [1.54, 1.807) is 0 Å². The van der Waals surface area contributed by atoms with Crippen molar-refractivity contribution < 1.29 is 19.1 Å². The average Bonchev–Trinajstić information content (AvgIpc) is 2.67. The third-order valence-corrected chi connectivity index (χ3v) is 3.55. The molecule has 5 heteroatoms. The van der Waals surface area contributed by atoms with Crippen molar-refractivity contribution in [2.24, 2.45) is 5.92 Å². The maximum atomic E-state index is 11.4. The number of methoxy groups -OCH3 is 1. The third-order valence-electron chi connectivity index (χ3n) is 3.55. The molecule has 0 amide bonds. The van der Waals surface area contributed by atoms with Crippen LogP contribution in [0.3, 0.4) is 0 Å². The Hall–Kier alpha value is -1.33. The second kappa shape index (κ2) is 5.75. The van der Waals surface area contributed by atoms with Gasteiger partial charge in [-0.05, 0) is 38.8 Å². The zero-order chi connectivity index (χ0) is 14.0. The number of nitrogens with zero attached hydrogens (tertiary/aromatic N) is 1. The quantitative estimate of drug-likeness (QED) is 0.821. The first-order valence-electron chi connectivity index (χ1n) is 6.53. The summed E-state index contributed by atoms with van der Waals surface area (Å²) in [6.45, 7) is 3.43. The first-order valence-corrected chi connectivity index (χ1v) is 6.53. The molecule has 1 fully saturated rings. The minimum atomic E-state index is -0.437. The van der Waals surface area contributed by atoms with E-state index >= 15 is 0 Å². The molecule has 0 spiro atoms. The maximum absolute atomic E-state index is 11.4. The van der Waals surface area contributed by atoms with Gasteiger partial charge in [-0.25, -0.2) is 4.79 Å². The summed E-state index contributed by atoms with van der Waals surface area (Å²) in [5, 5.41) is 9.26. The Morgan fingerprint density at radius 1 is 1.58 bits per heavy atom. The number of hydrogen-bond donors (Lipinski definition) is 1. The molecule has 1 aromatic rings. The van der Waals surface area contributed by atoms with Gasteiger partial charge in [0.15, 0.2) is 0 Å². The molecule has 106 valence electrons. The molecule has 1 saturated carbocycles. The Morgan fingerprint density at radius 3 is 2.84 bits per heavy atom. The molecule has 5 nitrogen and oxygen atoms in total. The first kappa shape index (κ1) is 14.1. The van der Waals surface area contributed by atoms with Gasteiger partial charge < -0.3 is 14.3 Å². The molecule has 0 radical (unpaired) electrons. The molecule has 1 aliphatic rings. The van der Waals surface area contributed by atoms with E-state index in [0.29, 0.717) is 12.5 Å². The van der Waals surface area contributed by atoms with Crippen molar-refractivity contribution in [3.05, 3.63) is 23.2 Å². The molecule has 1 N–H and O–H groups in total. The van der Waals surface area contributed by atoms with Gasteiger partial charge in [-0.15, -0.1) is 0 Å². The highest BCUT2D eigenvalue weighted by atomic mass is 16.5. The Balaban J connectivity index is 1.90. The molecule has 1 aliphatic carbocycles. The maximum Gasteiger partial charge on any atom is 0.374 e. The Kier molecular flexibility index (Phi) is 4.27. The van der Waals surface area contributed by atoms with Crippen LogP contribution in [0.5, 0.6) is 0 Å². The van der Waals surface area contributed by atoms with Crippen LogP contribution >= 0.6 is 0 Å². The number of aliphatic hydroxyl groups excluding tert-OH is 1. The van der Waals surface area contributed by atoms with Gasteiger partial charge in [-0.1, -0.05) is 0 Å². The minimum Gasteiger partial charge on any atom is -0.463 e. The van der Waals surface area contributed by atoms with Crippen molar-refractivity contribution in [2.75, 3.05) is 20.7 Å². The molecule has 0 aromatic carbocycles. The van der Waals surface area contributed by atoms with Gasteiger partial charge in [0.2, 0.25) is 5.76 Å². The Bertz CT molecular complexity index is 448. The highest BCUT2D eigenvalue weighted by molar-refractivity contribution is 5.87. The highest BCUT2D eigenvalue weighted by Crippen LogP contribution is 2.28. The lowest BCUT2D eigenvalue weighted by molar-refractivity contribution is 0.0264. The molecule has 0 aliphatic heterocycles. The lowest BCUT2D eigenvalue weighted by atomic mass is 9.82. The number of carbonyl (C=O) groups is 1. The van der Waals surface area contributed by atoms with E-state index in [9.17, 15) is 9.90 Å². The number of ether oxygens (including phenoxy) is 1. The largest absolute Gasteiger partial charge is 0.463 e. The van der Waals surface area contributed by atoms with Gasteiger partial charge in [-0.3, -0.25) is 4.90 Å². The summed E-state index contributed by atoms with van der Waals surface area (Å²) in [5.41, 5.74) is 0.800. The summed E-state index contributed by atoms with van der Waals surface area (Å²) in [4.78, 5) is 13.6. The monoisotopic (exact) mass is 267 g/mol. The number of rotatable bonds is 5. The first-order chi connectivity index (χ1) is 8.99. The van der Waals surface area contributed by atoms with Gasteiger partial charge in [0.25, 0.3) is 0 Å². The predicted octanol–water partition coefficient (Wildman–Crippen LogP) is 1.58. The van der Waals surface area contributed by atoms with Crippen LogP contribution in [0.2, 0.25) is 0 Å². The molecule has 1 aromatic heterocycles. The zero-order valence-corrected chi connectivity index (χ0v) is 11.7. The summed E-state index contributed by atoms with van der Waals surface area (Å²) in [7, 11) is 3.36. The SMILES string of the molecule is COC(=O)c1oc(CN(C)CC2CC(O)C2)cc1C. The third kappa shape index (κ3) is 3.36. The van der Waals surface area contributed by atoms with Crippen LogP contribution in [0, 0.1) is 12.8 Å². The summed E-state index contributed by atoms with van der Waals surface area (Å²) < 4.78 is 10.2. The highest BCUT2D eigenvalue weighted by Gasteiger charge is 2.28. The van der Waals surface area contributed by atoms with Crippen LogP contribution in [0.25, 0.3) is 0 Å². The van der Waals surface area contributed by atoms with E-state index in [2.05, 4.69) is 9.64 Å². The summed E-state index contributed by atoms with van der Waals surface area (Å²) in [5.74, 6) is 1.18. The molecular weight excluding hydrogens is 246 g/mol. The topological polar surface area (TPSA) is 62.9 Å². The number of aryl methyl sites for hydroxylation is 1. The standard InChI is InChI=1S/C14H21NO4/c1-9-4-12(19-13(9)14(17)18-3)8-15(2)7-10-5-11(16)6-10/h4,10-11,16H,5-8H2,1-3H3. The second-order valence-electron chi connectivity index (χ2n) is 5.40. The van der Waals surface area contributed by atoms with Crippen LogP contribution in [-0.2, 0) is 11.3 Å². The van der Waals surface area contributed by atoms with Gasteiger partial charge in [0.1, 0.15) is 5.76 Å². The van der Waals surface area contributed by atoms with E-state index < -0.39 is 5.97 Å². The molecule has 1 heterocycles. The van der Waals surface area contributed by atoms with Crippen LogP contribution in [0.1, 0.15) is 34.7 Å². The van der Waals surface area contributed by atoms with Crippen LogP contribution in [-0.4, -0.2) is 42.8 Å². The summed E-state index contributed by atoms with van der Waals surface area (Å²) in [6, 6.07) is 1.87. The fourth-order valence-corrected chi connectivity index (χ4v) is 2.54. The lowest BCUT2D eigenvalue weighted by Crippen LogP contribution is -2.36. The van der Waals surface area contributed by atoms with Crippen LogP contribution < -0.4 is 0 Å². The second-order valence-corrected chi connectivity index (χ2v) is 5.40. The summed E-state index contributed by atoms with van der Waals surface area (Å²) >= 11 is 0. The molecule has 0 saturated heterocycles. The van der Waals surface area contributed by atoms with Crippen molar-refractivity contribution >= 4 is 5.97 Å². The lowest BCUT2D eigenvalue weighted by Gasteiger charge is -2.34. The van der Waals surface area contributed by atoms with E-state index in [0.717, 1.165) is 30.7 Å². The zero-order valence-electron chi connectivity index (χ0n) is 11.7. The molecule has 0 unspecified atom stereocenters. The fourth-order valence-electron chi connectivity index (χ4n) is 2.54. The van der Waals surface area contributed by atoms with E-state index in [1.165, 1.54) is 7.11 Å². The van der Waals surface area contributed by atoms with Gasteiger partial charge >= 0.3 is 5.97 Å². The van der Waals surface area contributed by atoms with Crippen molar-refractivity contribution in [2.45, 2.75) is 32.4 Å². The fraction of sp³-hybridized carbons (Fsp3) is 0.643. The van der Waals surface area contributed by atoms with Crippen LogP contribution in [0.15, 0.2) is 10.5 Å². The number of aliphatic hydroxyl groups is 1. The van der Waals surface area contributed by atoms with E-state index in [4.69, 9.17) is 4.42 Å². The number of carbonyl (C=O) groups excluding carboxylic acids is 1. The molecule has 19 heavy (non-hydrogen) atoms. The normalized spacial score (nSPS) is 22.4. The van der Waals surface area contributed by atoms with Crippen molar-refractivity contribution in [3.8, 4) is 0 Å². The average molecular weight is 267 g/mol. The van der Waals surface area contributed by atoms with Gasteiger partial charge in [-0.2, -0.15) is 0 Å².